The van der Waals surface area contributed by atoms with Gasteiger partial charge in [-0.05, 0) is 30.7 Å². The Morgan fingerprint density at radius 2 is 2.26 bits per heavy atom. The van der Waals surface area contributed by atoms with E-state index in [9.17, 15) is 9.59 Å². The Labute approximate surface area is 112 Å². The Morgan fingerprint density at radius 3 is 2.79 bits per heavy atom. The van der Waals surface area contributed by atoms with E-state index in [4.69, 9.17) is 5.11 Å². The lowest BCUT2D eigenvalue weighted by Crippen LogP contribution is -2.26. The van der Waals surface area contributed by atoms with Gasteiger partial charge in [0.25, 0.3) is 5.91 Å². The van der Waals surface area contributed by atoms with E-state index in [0.717, 1.165) is 11.3 Å². The lowest BCUT2D eigenvalue weighted by atomic mass is 10.1. The number of aliphatic hydroxyl groups excluding tert-OH is 1. The van der Waals surface area contributed by atoms with Crippen LogP contribution in [0.3, 0.4) is 0 Å². The van der Waals surface area contributed by atoms with Crippen molar-refractivity contribution in [2.45, 2.75) is 13.3 Å². The van der Waals surface area contributed by atoms with Crippen LogP contribution in [0.5, 0.6) is 0 Å². The molecule has 2 N–H and O–H groups in total. The van der Waals surface area contributed by atoms with E-state index in [1.807, 2.05) is 6.92 Å². The second-order valence-electron chi connectivity index (χ2n) is 4.84. The Hall–Kier alpha value is -1.88. The average molecular weight is 262 g/mol. The van der Waals surface area contributed by atoms with Crippen LogP contribution in [0.4, 0.5) is 5.69 Å². The zero-order chi connectivity index (χ0) is 14.0. The van der Waals surface area contributed by atoms with Crippen LogP contribution in [0.25, 0.3) is 0 Å². The van der Waals surface area contributed by atoms with Crippen molar-refractivity contribution in [2.75, 3.05) is 25.1 Å². The molecule has 5 nitrogen and oxygen atoms in total. The van der Waals surface area contributed by atoms with Crippen LogP contribution in [-0.2, 0) is 4.79 Å². The first-order valence-electron chi connectivity index (χ1n) is 6.30. The summed E-state index contributed by atoms with van der Waals surface area (Å²) in [5.41, 5.74) is 2.27. The monoisotopic (exact) mass is 262 g/mol. The molecule has 1 fully saturated rings. The molecule has 0 aromatic heterocycles. The third-order valence-corrected chi connectivity index (χ3v) is 3.44. The molecule has 19 heavy (non-hydrogen) atoms. The molecule has 1 aromatic rings. The molecule has 1 heterocycles. The quantitative estimate of drug-likeness (QED) is 0.842. The van der Waals surface area contributed by atoms with E-state index in [0.29, 0.717) is 18.5 Å². The van der Waals surface area contributed by atoms with Gasteiger partial charge in [0.2, 0.25) is 5.91 Å². The molecule has 5 heteroatoms. The smallest absolute Gasteiger partial charge is 0.251 e. The normalized spacial score (nSPS) is 18.8. The molecule has 1 atom stereocenters. The summed E-state index contributed by atoms with van der Waals surface area (Å²) >= 11 is 0. The summed E-state index contributed by atoms with van der Waals surface area (Å²) in [5, 5.41) is 11.7. The molecule has 1 saturated heterocycles. The number of anilines is 1. The van der Waals surface area contributed by atoms with Crippen molar-refractivity contribution in [3.8, 4) is 0 Å². The Bertz CT molecular complexity index is 513. The van der Waals surface area contributed by atoms with E-state index in [1.165, 1.54) is 0 Å². The summed E-state index contributed by atoms with van der Waals surface area (Å²) in [5.74, 6) is -0.115. The van der Waals surface area contributed by atoms with E-state index in [-0.39, 0.29) is 24.3 Å². The maximum atomic E-state index is 11.9. The molecule has 0 bridgehead atoms. The third kappa shape index (κ3) is 2.61. The molecule has 1 aromatic carbocycles. The number of benzene rings is 1. The minimum Gasteiger partial charge on any atom is -0.396 e. The maximum Gasteiger partial charge on any atom is 0.251 e. The van der Waals surface area contributed by atoms with Crippen molar-refractivity contribution >= 4 is 17.5 Å². The van der Waals surface area contributed by atoms with Crippen molar-refractivity contribution in [3.63, 3.8) is 0 Å². The molecule has 0 aliphatic carbocycles. The van der Waals surface area contributed by atoms with Gasteiger partial charge in [-0.3, -0.25) is 9.59 Å². The number of carbonyl (C=O) groups excluding carboxylic acids is 2. The van der Waals surface area contributed by atoms with Crippen molar-refractivity contribution in [1.29, 1.82) is 0 Å². The molecule has 2 amide bonds. The Kier molecular flexibility index (Phi) is 3.85. The van der Waals surface area contributed by atoms with Crippen molar-refractivity contribution in [3.05, 3.63) is 29.3 Å². The number of aliphatic hydroxyl groups is 1. The summed E-state index contributed by atoms with van der Waals surface area (Å²) in [6.07, 6.45) is 0.382. The van der Waals surface area contributed by atoms with Gasteiger partial charge in [0.1, 0.15) is 0 Å². The minimum absolute atomic E-state index is 0.00511. The van der Waals surface area contributed by atoms with Gasteiger partial charge in [0, 0.05) is 43.8 Å². The molecule has 0 radical (unpaired) electrons. The molecule has 0 saturated carbocycles. The average Bonchev–Trinajstić information content (AvgIpc) is 2.79. The van der Waals surface area contributed by atoms with Crippen LogP contribution in [0.1, 0.15) is 22.3 Å². The van der Waals surface area contributed by atoms with Gasteiger partial charge < -0.3 is 15.3 Å². The molecular formula is C14H18N2O3. The largest absolute Gasteiger partial charge is 0.396 e. The van der Waals surface area contributed by atoms with Crippen molar-refractivity contribution < 1.29 is 14.7 Å². The summed E-state index contributed by atoms with van der Waals surface area (Å²) in [6, 6.07) is 5.27. The van der Waals surface area contributed by atoms with Crippen LogP contribution >= 0.6 is 0 Å². The highest BCUT2D eigenvalue weighted by atomic mass is 16.3. The number of nitrogens with zero attached hydrogens (tertiary/aromatic N) is 1. The molecular weight excluding hydrogens is 244 g/mol. The van der Waals surface area contributed by atoms with Crippen LogP contribution in [0, 0.1) is 12.8 Å². The molecule has 1 aliphatic heterocycles. The molecule has 2 rings (SSSR count). The highest BCUT2D eigenvalue weighted by Gasteiger charge is 2.30. The van der Waals surface area contributed by atoms with Gasteiger partial charge in [-0.2, -0.15) is 0 Å². The lowest BCUT2D eigenvalue weighted by Gasteiger charge is -2.19. The molecule has 0 spiro atoms. The summed E-state index contributed by atoms with van der Waals surface area (Å²) in [6.45, 7) is 2.44. The van der Waals surface area contributed by atoms with Crippen molar-refractivity contribution in [2.24, 2.45) is 5.92 Å². The summed E-state index contributed by atoms with van der Waals surface area (Å²) < 4.78 is 0. The predicted octanol–water partition coefficient (Wildman–Crippen LogP) is 0.700. The molecule has 1 aliphatic rings. The fourth-order valence-corrected chi connectivity index (χ4v) is 2.38. The number of hydrogen-bond donors (Lipinski definition) is 2. The van der Waals surface area contributed by atoms with Crippen LogP contribution in [0.15, 0.2) is 18.2 Å². The van der Waals surface area contributed by atoms with Crippen molar-refractivity contribution in [1.82, 2.24) is 5.32 Å². The number of aryl methyl sites for hydroxylation is 1. The zero-order valence-corrected chi connectivity index (χ0v) is 11.1. The van der Waals surface area contributed by atoms with Gasteiger partial charge in [-0.15, -0.1) is 0 Å². The Balaban J connectivity index is 2.27. The highest BCUT2D eigenvalue weighted by molar-refractivity contribution is 5.98. The fraction of sp³-hybridized carbons (Fsp3) is 0.429. The second-order valence-corrected chi connectivity index (χ2v) is 4.84. The zero-order valence-electron chi connectivity index (χ0n) is 11.1. The highest BCUT2D eigenvalue weighted by Crippen LogP contribution is 2.28. The Morgan fingerprint density at radius 1 is 1.53 bits per heavy atom. The summed E-state index contributed by atoms with van der Waals surface area (Å²) in [7, 11) is 1.58. The molecule has 1 unspecified atom stereocenters. The minimum atomic E-state index is -0.143. The van der Waals surface area contributed by atoms with Gasteiger partial charge in [0.15, 0.2) is 0 Å². The first-order chi connectivity index (χ1) is 9.06. The number of rotatable bonds is 3. The van der Waals surface area contributed by atoms with Crippen LogP contribution in [-0.4, -0.2) is 37.1 Å². The van der Waals surface area contributed by atoms with Gasteiger partial charge in [-0.1, -0.05) is 0 Å². The number of nitrogens with one attached hydrogen (secondary N) is 1. The predicted molar refractivity (Wildman–Crippen MR) is 72.1 cm³/mol. The topological polar surface area (TPSA) is 69.6 Å². The fourth-order valence-electron chi connectivity index (χ4n) is 2.38. The van der Waals surface area contributed by atoms with E-state index in [2.05, 4.69) is 5.32 Å². The standard InChI is InChI=1S/C14H18N2O3/c1-9-5-11(14(19)15-2)3-4-12(9)16-7-10(8-17)6-13(16)18/h3-5,10,17H,6-8H2,1-2H3,(H,15,19). The number of amides is 2. The van der Waals surface area contributed by atoms with E-state index in [1.54, 1.807) is 30.1 Å². The first-order valence-corrected chi connectivity index (χ1v) is 6.30. The van der Waals surface area contributed by atoms with Crippen LogP contribution < -0.4 is 10.2 Å². The maximum absolute atomic E-state index is 11.9. The van der Waals surface area contributed by atoms with Crippen LogP contribution in [0.2, 0.25) is 0 Å². The number of hydrogen-bond acceptors (Lipinski definition) is 3. The number of carbonyl (C=O) groups is 2. The first kappa shape index (κ1) is 13.5. The van der Waals surface area contributed by atoms with E-state index >= 15 is 0 Å². The summed E-state index contributed by atoms with van der Waals surface area (Å²) in [4.78, 5) is 25.1. The second kappa shape index (κ2) is 5.40. The third-order valence-electron chi connectivity index (χ3n) is 3.44. The van der Waals surface area contributed by atoms with Gasteiger partial charge >= 0.3 is 0 Å². The SMILES string of the molecule is CNC(=O)c1ccc(N2CC(CO)CC2=O)c(C)c1. The van der Waals surface area contributed by atoms with E-state index < -0.39 is 0 Å². The lowest BCUT2D eigenvalue weighted by molar-refractivity contribution is -0.117. The van der Waals surface area contributed by atoms with Gasteiger partial charge in [0.05, 0.1) is 0 Å². The van der Waals surface area contributed by atoms with Gasteiger partial charge in [-0.25, -0.2) is 0 Å². The molecule has 102 valence electrons.